The summed E-state index contributed by atoms with van der Waals surface area (Å²) in [6, 6.07) is 6.24. The van der Waals surface area contributed by atoms with Crippen molar-refractivity contribution in [1.82, 2.24) is 5.32 Å². The first-order chi connectivity index (χ1) is 8.44. The van der Waals surface area contributed by atoms with E-state index in [0.717, 1.165) is 13.0 Å². The molecule has 0 aliphatic rings. The number of rotatable bonds is 7. The van der Waals surface area contributed by atoms with Gasteiger partial charge in [-0.3, -0.25) is 0 Å². The Morgan fingerprint density at radius 2 is 2.00 bits per heavy atom. The molecular formula is C13H20FNO2S. The average molecular weight is 273 g/mol. The van der Waals surface area contributed by atoms with Crippen LogP contribution in [0, 0.1) is 5.82 Å². The quantitative estimate of drug-likeness (QED) is 0.829. The minimum atomic E-state index is -3.03. The Hall–Kier alpha value is -0.940. The van der Waals surface area contributed by atoms with E-state index >= 15 is 0 Å². The second kappa shape index (κ2) is 6.85. The Labute approximate surface area is 108 Å². The summed E-state index contributed by atoms with van der Waals surface area (Å²) in [6.07, 6.45) is 2.51. The van der Waals surface area contributed by atoms with E-state index in [4.69, 9.17) is 0 Å². The van der Waals surface area contributed by atoms with Gasteiger partial charge in [0.1, 0.15) is 15.7 Å². The highest BCUT2D eigenvalue weighted by atomic mass is 32.2. The molecule has 0 spiro atoms. The van der Waals surface area contributed by atoms with Crippen LogP contribution in [0.4, 0.5) is 4.39 Å². The summed E-state index contributed by atoms with van der Waals surface area (Å²) in [6.45, 7) is 2.75. The summed E-state index contributed by atoms with van der Waals surface area (Å²) in [7, 11) is -3.03. The Morgan fingerprint density at radius 3 is 2.56 bits per heavy atom. The van der Waals surface area contributed by atoms with Gasteiger partial charge < -0.3 is 5.32 Å². The molecule has 3 nitrogen and oxygen atoms in total. The molecule has 1 aromatic rings. The maximum Gasteiger partial charge on any atom is 0.147 e. The van der Waals surface area contributed by atoms with Gasteiger partial charge in [0, 0.05) is 17.9 Å². The molecule has 18 heavy (non-hydrogen) atoms. The van der Waals surface area contributed by atoms with Gasteiger partial charge in [-0.15, -0.1) is 0 Å². The molecule has 0 saturated carbocycles. The Bertz CT molecular complexity index is 474. The summed E-state index contributed by atoms with van der Waals surface area (Å²) in [4.78, 5) is 0. The van der Waals surface area contributed by atoms with Crippen molar-refractivity contribution in [3.63, 3.8) is 0 Å². The van der Waals surface area contributed by atoms with Crippen molar-refractivity contribution in [1.29, 1.82) is 0 Å². The van der Waals surface area contributed by atoms with Crippen LogP contribution in [0.2, 0.25) is 0 Å². The van der Waals surface area contributed by atoms with Gasteiger partial charge in [0.15, 0.2) is 0 Å². The Kier molecular flexibility index (Phi) is 5.75. The van der Waals surface area contributed by atoms with Crippen LogP contribution in [-0.4, -0.2) is 27.0 Å². The molecule has 102 valence electrons. The largest absolute Gasteiger partial charge is 0.310 e. The van der Waals surface area contributed by atoms with Gasteiger partial charge in [-0.2, -0.15) is 0 Å². The molecule has 0 bridgehead atoms. The zero-order valence-corrected chi connectivity index (χ0v) is 11.6. The van der Waals surface area contributed by atoms with Crippen molar-refractivity contribution in [3.8, 4) is 0 Å². The van der Waals surface area contributed by atoms with E-state index in [9.17, 15) is 12.8 Å². The highest BCUT2D eigenvalue weighted by molar-refractivity contribution is 7.90. The van der Waals surface area contributed by atoms with E-state index in [2.05, 4.69) is 5.32 Å². The standard InChI is InChI=1S/C13H20FNO2S/c1-3-9-15-13(8-10-18(2,16)17)11-6-4-5-7-12(11)14/h4-7,13,15H,3,8-10H2,1-2H3. The minimum absolute atomic E-state index is 0.0582. The molecule has 1 atom stereocenters. The lowest BCUT2D eigenvalue weighted by atomic mass is 10.0. The summed E-state index contributed by atoms with van der Waals surface area (Å²) in [5, 5.41) is 3.19. The van der Waals surface area contributed by atoms with Crippen molar-refractivity contribution < 1.29 is 12.8 Å². The van der Waals surface area contributed by atoms with Crippen molar-refractivity contribution in [2.75, 3.05) is 18.6 Å². The smallest absolute Gasteiger partial charge is 0.147 e. The average Bonchev–Trinajstić information content (AvgIpc) is 2.29. The van der Waals surface area contributed by atoms with E-state index in [0.29, 0.717) is 12.0 Å². The van der Waals surface area contributed by atoms with Crippen LogP contribution in [-0.2, 0) is 9.84 Å². The summed E-state index contributed by atoms with van der Waals surface area (Å²) in [5.74, 6) is -0.234. The first-order valence-corrected chi connectivity index (χ1v) is 8.15. The zero-order valence-electron chi connectivity index (χ0n) is 10.8. The molecule has 0 aromatic heterocycles. The number of hydrogen-bond acceptors (Lipinski definition) is 3. The number of hydrogen-bond donors (Lipinski definition) is 1. The van der Waals surface area contributed by atoms with Crippen LogP contribution >= 0.6 is 0 Å². The van der Waals surface area contributed by atoms with Crippen LogP contribution in [0.5, 0.6) is 0 Å². The predicted molar refractivity (Wildman–Crippen MR) is 71.8 cm³/mol. The number of nitrogens with one attached hydrogen (secondary N) is 1. The van der Waals surface area contributed by atoms with Gasteiger partial charge in [0.05, 0.1) is 5.75 Å². The van der Waals surface area contributed by atoms with E-state index in [1.165, 1.54) is 12.3 Å². The highest BCUT2D eigenvalue weighted by Crippen LogP contribution is 2.20. The van der Waals surface area contributed by atoms with E-state index in [-0.39, 0.29) is 17.6 Å². The van der Waals surface area contributed by atoms with Crippen LogP contribution in [0.15, 0.2) is 24.3 Å². The molecule has 0 saturated heterocycles. The third kappa shape index (κ3) is 5.14. The lowest BCUT2D eigenvalue weighted by Gasteiger charge is -2.19. The Morgan fingerprint density at radius 1 is 1.33 bits per heavy atom. The normalized spacial score (nSPS) is 13.5. The first-order valence-electron chi connectivity index (χ1n) is 6.09. The van der Waals surface area contributed by atoms with Gasteiger partial charge in [-0.1, -0.05) is 25.1 Å². The second-order valence-corrected chi connectivity index (χ2v) is 6.71. The summed E-state index contributed by atoms with van der Waals surface area (Å²) in [5.41, 5.74) is 0.537. The van der Waals surface area contributed by atoms with E-state index in [1.807, 2.05) is 6.92 Å². The number of benzene rings is 1. The van der Waals surface area contributed by atoms with E-state index in [1.54, 1.807) is 18.2 Å². The molecular weight excluding hydrogens is 253 g/mol. The van der Waals surface area contributed by atoms with Gasteiger partial charge in [-0.05, 0) is 25.5 Å². The molecule has 1 rings (SSSR count). The second-order valence-electron chi connectivity index (χ2n) is 4.45. The SMILES string of the molecule is CCCNC(CCS(C)(=O)=O)c1ccccc1F. The molecule has 0 aliphatic heterocycles. The highest BCUT2D eigenvalue weighted by Gasteiger charge is 2.16. The molecule has 0 fully saturated rings. The molecule has 5 heteroatoms. The van der Waals surface area contributed by atoms with E-state index < -0.39 is 9.84 Å². The topological polar surface area (TPSA) is 46.2 Å². The number of sulfone groups is 1. The van der Waals surface area contributed by atoms with Gasteiger partial charge in [0.2, 0.25) is 0 Å². The fraction of sp³-hybridized carbons (Fsp3) is 0.538. The van der Waals surface area contributed by atoms with Crippen molar-refractivity contribution in [2.45, 2.75) is 25.8 Å². The minimum Gasteiger partial charge on any atom is -0.310 e. The fourth-order valence-electron chi connectivity index (χ4n) is 1.78. The lowest BCUT2D eigenvalue weighted by Crippen LogP contribution is -2.25. The molecule has 1 unspecified atom stereocenters. The summed E-state index contributed by atoms with van der Waals surface area (Å²) >= 11 is 0. The molecule has 1 N–H and O–H groups in total. The summed E-state index contributed by atoms with van der Waals surface area (Å²) < 4.78 is 36.1. The van der Waals surface area contributed by atoms with Crippen LogP contribution in [0.25, 0.3) is 0 Å². The zero-order chi connectivity index (χ0) is 13.6. The molecule has 0 radical (unpaired) electrons. The first kappa shape index (κ1) is 15.1. The van der Waals surface area contributed by atoms with Crippen LogP contribution in [0.1, 0.15) is 31.4 Å². The van der Waals surface area contributed by atoms with Crippen LogP contribution in [0.3, 0.4) is 0 Å². The Balaban J connectivity index is 2.81. The molecule has 1 aromatic carbocycles. The number of halogens is 1. The van der Waals surface area contributed by atoms with Gasteiger partial charge in [0.25, 0.3) is 0 Å². The maximum atomic E-state index is 13.7. The monoisotopic (exact) mass is 273 g/mol. The van der Waals surface area contributed by atoms with Crippen LogP contribution < -0.4 is 5.32 Å². The lowest BCUT2D eigenvalue weighted by molar-refractivity contribution is 0.486. The third-order valence-corrected chi connectivity index (χ3v) is 3.68. The fourth-order valence-corrected chi connectivity index (χ4v) is 2.44. The molecule has 0 amide bonds. The van der Waals surface area contributed by atoms with Gasteiger partial charge in [-0.25, -0.2) is 12.8 Å². The van der Waals surface area contributed by atoms with Gasteiger partial charge >= 0.3 is 0 Å². The molecule has 0 heterocycles. The van der Waals surface area contributed by atoms with Crippen molar-refractivity contribution in [3.05, 3.63) is 35.6 Å². The van der Waals surface area contributed by atoms with Crippen molar-refractivity contribution >= 4 is 9.84 Å². The third-order valence-electron chi connectivity index (χ3n) is 2.70. The van der Waals surface area contributed by atoms with Crippen molar-refractivity contribution in [2.24, 2.45) is 0 Å². The maximum absolute atomic E-state index is 13.7. The predicted octanol–water partition coefficient (Wildman–Crippen LogP) is 2.30. The molecule has 0 aliphatic carbocycles.